The largest absolute Gasteiger partial charge is 0.294 e. The number of hydrogen-bond acceptors (Lipinski definition) is 2. The SMILES string of the molecule is Cc1cccc(CON(Cc2ccccc2)Cc2ccccc2)c1. The van der Waals surface area contributed by atoms with E-state index in [2.05, 4.69) is 79.7 Å². The van der Waals surface area contributed by atoms with Gasteiger partial charge in [0.05, 0.1) is 6.61 Å². The second kappa shape index (κ2) is 8.44. The van der Waals surface area contributed by atoms with E-state index in [0.29, 0.717) is 6.61 Å². The van der Waals surface area contributed by atoms with Crippen LogP contribution >= 0.6 is 0 Å². The van der Waals surface area contributed by atoms with Gasteiger partial charge < -0.3 is 0 Å². The fourth-order valence-corrected chi connectivity index (χ4v) is 2.69. The van der Waals surface area contributed by atoms with Gasteiger partial charge in [-0.05, 0) is 23.6 Å². The molecule has 0 aliphatic rings. The number of nitrogens with zero attached hydrogens (tertiary/aromatic N) is 1. The smallest absolute Gasteiger partial charge is 0.0936 e. The topological polar surface area (TPSA) is 12.5 Å². The quantitative estimate of drug-likeness (QED) is 0.560. The average Bonchev–Trinajstić information content (AvgIpc) is 2.62. The lowest BCUT2D eigenvalue weighted by Gasteiger charge is -2.22. The molecule has 0 heterocycles. The van der Waals surface area contributed by atoms with Crippen LogP contribution in [0.4, 0.5) is 0 Å². The van der Waals surface area contributed by atoms with Crippen molar-refractivity contribution in [1.82, 2.24) is 5.06 Å². The molecule has 122 valence electrons. The Morgan fingerprint density at radius 2 is 1.21 bits per heavy atom. The number of rotatable bonds is 7. The van der Waals surface area contributed by atoms with Crippen molar-refractivity contribution in [2.45, 2.75) is 26.6 Å². The Hall–Kier alpha value is -2.42. The van der Waals surface area contributed by atoms with Crippen molar-refractivity contribution in [3.63, 3.8) is 0 Å². The van der Waals surface area contributed by atoms with E-state index in [0.717, 1.165) is 13.1 Å². The van der Waals surface area contributed by atoms with Crippen LogP contribution in [-0.4, -0.2) is 5.06 Å². The molecule has 0 atom stereocenters. The minimum absolute atomic E-state index is 0.585. The van der Waals surface area contributed by atoms with E-state index >= 15 is 0 Å². The third-order valence-corrected chi connectivity index (χ3v) is 3.90. The lowest BCUT2D eigenvalue weighted by atomic mass is 10.1. The number of benzene rings is 3. The van der Waals surface area contributed by atoms with Crippen molar-refractivity contribution < 1.29 is 4.84 Å². The van der Waals surface area contributed by atoms with E-state index in [1.54, 1.807) is 0 Å². The second-order valence-electron chi connectivity index (χ2n) is 6.03. The van der Waals surface area contributed by atoms with E-state index in [-0.39, 0.29) is 0 Å². The molecule has 0 aromatic heterocycles. The minimum Gasteiger partial charge on any atom is -0.294 e. The van der Waals surface area contributed by atoms with Crippen LogP contribution in [-0.2, 0) is 24.5 Å². The summed E-state index contributed by atoms with van der Waals surface area (Å²) >= 11 is 0. The molecular formula is C22H23NO. The Morgan fingerprint density at radius 3 is 1.75 bits per heavy atom. The molecule has 0 radical (unpaired) electrons. The second-order valence-corrected chi connectivity index (χ2v) is 6.03. The molecule has 0 saturated heterocycles. The predicted octanol–water partition coefficient (Wildman–Crippen LogP) is 5.13. The Labute approximate surface area is 144 Å². The molecule has 0 bridgehead atoms. The Balaban J connectivity index is 1.69. The van der Waals surface area contributed by atoms with Crippen LogP contribution < -0.4 is 0 Å². The van der Waals surface area contributed by atoms with Crippen LogP contribution in [0.5, 0.6) is 0 Å². The first-order valence-electron chi connectivity index (χ1n) is 8.31. The molecule has 0 fully saturated rings. The third-order valence-electron chi connectivity index (χ3n) is 3.90. The van der Waals surface area contributed by atoms with E-state index < -0.39 is 0 Å². The maximum absolute atomic E-state index is 6.12. The molecule has 0 amide bonds. The minimum atomic E-state index is 0.585. The summed E-state index contributed by atoms with van der Waals surface area (Å²) in [5.41, 5.74) is 4.95. The van der Waals surface area contributed by atoms with Gasteiger partial charge in [-0.3, -0.25) is 4.84 Å². The van der Waals surface area contributed by atoms with E-state index in [9.17, 15) is 0 Å². The molecule has 0 aliphatic carbocycles. The van der Waals surface area contributed by atoms with Gasteiger partial charge in [-0.15, -0.1) is 0 Å². The van der Waals surface area contributed by atoms with E-state index in [1.165, 1.54) is 22.3 Å². The van der Waals surface area contributed by atoms with Crippen molar-refractivity contribution in [2.75, 3.05) is 0 Å². The molecule has 24 heavy (non-hydrogen) atoms. The van der Waals surface area contributed by atoms with Gasteiger partial charge in [0.15, 0.2) is 0 Å². The molecule has 0 aliphatic heterocycles. The molecule has 0 N–H and O–H groups in total. The normalized spacial score (nSPS) is 10.9. The Morgan fingerprint density at radius 1 is 0.667 bits per heavy atom. The maximum atomic E-state index is 6.12. The Bertz CT molecular complexity index is 699. The molecule has 3 aromatic rings. The standard InChI is InChI=1S/C22H23NO/c1-19-9-8-14-22(15-19)18-24-23(16-20-10-4-2-5-11-20)17-21-12-6-3-7-13-21/h2-15H,16-18H2,1H3. The highest BCUT2D eigenvalue weighted by atomic mass is 16.7. The first kappa shape index (κ1) is 16.4. The fourth-order valence-electron chi connectivity index (χ4n) is 2.69. The first-order valence-corrected chi connectivity index (χ1v) is 8.31. The van der Waals surface area contributed by atoms with Gasteiger partial charge in [-0.2, -0.15) is 5.06 Å². The van der Waals surface area contributed by atoms with Gasteiger partial charge >= 0.3 is 0 Å². The lowest BCUT2D eigenvalue weighted by molar-refractivity contribution is -0.184. The molecule has 0 unspecified atom stereocenters. The molecule has 2 heteroatoms. The number of hydrogen-bond donors (Lipinski definition) is 0. The molecular weight excluding hydrogens is 294 g/mol. The average molecular weight is 317 g/mol. The van der Waals surface area contributed by atoms with Crippen LogP contribution in [0.1, 0.15) is 22.3 Å². The zero-order valence-electron chi connectivity index (χ0n) is 14.1. The van der Waals surface area contributed by atoms with Crippen LogP contribution in [0.25, 0.3) is 0 Å². The number of aryl methyl sites for hydroxylation is 1. The summed E-state index contributed by atoms with van der Waals surface area (Å²) < 4.78 is 0. The highest BCUT2D eigenvalue weighted by Gasteiger charge is 2.08. The molecule has 0 spiro atoms. The van der Waals surface area contributed by atoms with Crippen molar-refractivity contribution in [2.24, 2.45) is 0 Å². The molecule has 3 aromatic carbocycles. The monoisotopic (exact) mass is 317 g/mol. The summed E-state index contributed by atoms with van der Waals surface area (Å²) in [6, 6.07) is 29.3. The summed E-state index contributed by atoms with van der Waals surface area (Å²) in [5.74, 6) is 0. The molecule has 3 rings (SSSR count). The van der Waals surface area contributed by atoms with E-state index in [1.807, 2.05) is 17.2 Å². The van der Waals surface area contributed by atoms with E-state index in [4.69, 9.17) is 4.84 Å². The van der Waals surface area contributed by atoms with Crippen LogP contribution in [0.15, 0.2) is 84.9 Å². The highest BCUT2D eigenvalue weighted by Crippen LogP contribution is 2.13. The lowest BCUT2D eigenvalue weighted by Crippen LogP contribution is -2.23. The van der Waals surface area contributed by atoms with Crippen molar-refractivity contribution >= 4 is 0 Å². The highest BCUT2D eigenvalue weighted by molar-refractivity contribution is 5.21. The fraction of sp³-hybridized carbons (Fsp3) is 0.182. The zero-order valence-corrected chi connectivity index (χ0v) is 14.1. The van der Waals surface area contributed by atoms with Crippen LogP contribution in [0, 0.1) is 6.92 Å². The van der Waals surface area contributed by atoms with Crippen molar-refractivity contribution in [1.29, 1.82) is 0 Å². The first-order chi connectivity index (χ1) is 11.8. The van der Waals surface area contributed by atoms with Gasteiger partial charge in [-0.1, -0.05) is 90.5 Å². The van der Waals surface area contributed by atoms with Gasteiger partial charge in [0, 0.05) is 13.1 Å². The summed E-state index contributed by atoms with van der Waals surface area (Å²) in [7, 11) is 0. The van der Waals surface area contributed by atoms with Gasteiger partial charge in [0.2, 0.25) is 0 Å². The van der Waals surface area contributed by atoms with Crippen molar-refractivity contribution in [3.05, 3.63) is 107 Å². The van der Waals surface area contributed by atoms with Crippen molar-refractivity contribution in [3.8, 4) is 0 Å². The molecule has 0 saturated carbocycles. The number of hydroxylamine groups is 2. The predicted molar refractivity (Wildman–Crippen MR) is 98.1 cm³/mol. The summed E-state index contributed by atoms with van der Waals surface area (Å²) in [6.45, 7) is 4.22. The van der Waals surface area contributed by atoms with Gasteiger partial charge in [0.25, 0.3) is 0 Å². The summed E-state index contributed by atoms with van der Waals surface area (Å²) in [5, 5.41) is 2.03. The zero-order chi connectivity index (χ0) is 16.6. The van der Waals surface area contributed by atoms with Gasteiger partial charge in [-0.25, -0.2) is 0 Å². The summed E-state index contributed by atoms with van der Waals surface area (Å²) in [4.78, 5) is 6.12. The summed E-state index contributed by atoms with van der Waals surface area (Å²) in [6.07, 6.45) is 0. The van der Waals surface area contributed by atoms with Crippen LogP contribution in [0.3, 0.4) is 0 Å². The Kier molecular flexibility index (Phi) is 5.78. The maximum Gasteiger partial charge on any atom is 0.0936 e. The third kappa shape index (κ3) is 5.05. The van der Waals surface area contributed by atoms with Crippen LogP contribution in [0.2, 0.25) is 0 Å². The van der Waals surface area contributed by atoms with Gasteiger partial charge in [0.1, 0.15) is 0 Å². The molecule has 2 nitrogen and oxygen atoms in total.